The van der Waals surface area contributed by atoms with Gasteiger partial charge in [-0.05, 0) is 35.2 Å². The van der Waals surface area contributed by atoms with Gasteiger partial charge in [-0.1, -0.05) is 6.08 Å². The average molecular weight is 327 g/mol. The van der Waals surface area contributed by atoms with Gasteiger partial charge in [0.25, 0.3) is 5.56 Å². The van der Waals surface area contributed by atoms with E-state index in [2.05, 4.69) is 27.0 Å². The van der Waals surface area contributed by atoms with Crippen LogP contribution >= 0.6 is 15.9 Å². The highest BCUT2D eigenvalue weighted by atomic mass is 79.9. The molecule has 6 nitrogen and oxygen atoms in total. The number of anilines is 2. The van der Waals surface area contributed by atoms with Crippen molar-refractivity contribution in [3.8, 4) is 0 Å². The Hall–Kier alpha value is -1.50. The topological polar surface area (TPSA) is 61.3 Å². The van der Waals surface area contributed by atoms with Crippen molar-refractivity contribution in [2.45, 2.75) is 24.3 Å². The highest BCUT2D eigenvalue weighted by molar-refractivity contribution is 9.09. The molecule has 0 saturated carbocycles. The summed E-state index contributed by atoms with van der Waals surface area (Å²) in [5.41, 5.74) is 0.952. The van der Waals surface area contributed by atoms with E-state index in [1.165, 1.54) is 4.57 Å². The lowest BCUT2D eigenvalue weighted by atomic mass is 10.3. The molecule has 1 aromatic rings. The SMILES string of the molecule is CN1c2c(c(=O)[nH]c(=O)n2C)N(C2=CCCC2)C1Br. The molecular weight excluding hydrogens is 312 g/mol. The average Bonchev–Trinajstić information content (AvgIpc) is 2.95. The third-order valence-corrected chi connectivity index (χ3v) is 4.73. The minimum Gasteiger partial charge on any atom is -0.329 e. The summed E-state index contributed by atoms with van der Waals surface area (Å²) < 4.78 is 1.47. The smallest absolute Gasteiger partial charge is 0.329 e. The number of aromatic amines is 1. The monoisotopic (exact) mass is 326 g/mol. The molecule has 3 rings (SSSR count). The number of rotatable bonds is 1. The van der Waals surface area contributed by atoms with Gasteiger partial charge in [0.2, 0.25) is 0 Å². The fourth-order valence-electron chi connectivity index (χ4n) is 2.75. The molecule has 1 aliphatic heterocycles. The highest BCUT2D eigenvalue weighted by Crippen LogP contribution is 2.41. The van der Waals surface area contributed by atoms with Gasteiger partial charge in [0.15, 0.2) is 10.8 Å². The molecule has 1 atom stereocenters. The predicted molar refractivity (Wildman–Crippen MR) is 77.8 cm³/mol. The van der Waals surface area contributed by atoms with Crippen molar-refractivity contribution >= 4 is 27.4 Å². The first kappa shape index (κ1) is 12.5. The molecule has 0 fully saturated rings. The van der Waals surface area contributed by atoms with Crippen LogP contribution in [0.3, 0.4) is 0 Å². The zero-order valence-electron chi connectivity index (χ0n) is 10.8. The molecule has 102 valence electrons. The third-order valence-electron chi connectivity index (χ3n) is 3.70. The van der Waals surface area contributed by atoms with Crippen molar-refractivity contribution in [3.05, 3.63) is 32.6 Å². The quantitative estimate of drug-likeness (QED) is 0.619. The van der Waals surface area contributed by atoms with Crippen LogP contribution in [0.2, 0.25) is 0 Å². The van der Waals surface area contributed by atoms with E-state index in [1.807, 2.05) is 16.8 Å². The molecule has 1 N–H and O–H groups in total. The summed E-state index contributed by atoms with van der Waals surface area (Å²) in [5, 5.41) is -0.138. The summed E-state index contributed by atoms with van der Waals surface area (Å²) in [6.45, 7) is 0. The standard InChI is InChI=1S/C12H15BrN4O2/c1-15-10-8(9(18)14-12(19)16(10)2)17(11(15)13)7-5-3-4-6-7/h5,11H,3-4,6H2,1-2H3,(H,14,18,19). The first-order chi connectivity index (χ1) is 9.02. The maximum Gasteiger partial charge on any atom is 0.329 e. The van der Waals surface area contributed by atoms with Crippen molar-refractivity contribution < 1.29 is 0 Å². The Morgan fingerprint density at radius 3 is 2.74 bits per heavy atom. The van der Waals surface area contributed by atoms with Crippen molar-refractivity contribution in [2.24, 2.45) is 7.05 Å². The van der Waals surface area contributed by atoms with Crippen molar-refractivity contribution in [1.82, 2.24) is 9.55 Å². The number of fused-ring (bicyclic) bond motifs is 1. The number of hydrogen-bond donors (Lipinski definition) is 1. The van der Waals surface area contributed by atoms with Crippen LogP contribution in [0.1, 0.15) is 19.3 Å². The minimum atomic E-state index is -0.391. The number of nitrogens with one attached hydrogen (secondary N) is 1. The molecule has 0 amide bonds. The number of nitrogens with zero attached hydrogens (tertiary/aromatic N) is 3. The van der Waals surface area contributed by atoms with Crippen LogP contribution in [0, 0.1) is 0 Å². The zero-order chi connectivity index (χ0) is 13.7. The summed E-state index contributed by atoms with van der Waals surface area (Å²) >= 11 is 3.60. The summed E-state index contributed by atoms with van der Waals surface area (Å²) in [5.74, 6) is 0.642. The first-order valence-corrected chi connectivity index (χ1v) is 7.12. The molecule has 0 aromatic carbocycles. The van der Waals surface area contributed by atoms with Gasteiger partial charge in [-0.2, -0.15) is 0 Å². The Bertz CT molecular complexity index is 675. The van der Waals surface area contributed by atoms with Crippen LogP contribution in [0.4, 0.5) is 11.5 Å². The lowest BCUT2D eigenvalue weighted by molar-refractivity contribution is 0.777. The van der Waals surface area contributed by atoms with Gasteiger partial charge in [-0.3, -0.25) is 14.3 Å². The van der Waals surface area contributed by atoms with Crippen LogP contribution in [0.5, 0.6) is 0 Å². The molecule has 0 radical (unpaired) electrons. The second-order valence-electron chi connectivity index (χ2n) is 4.87. The van der Waals surface area contributed by atoms with Gasteiger partial charge < -0.3 is 9.80 Å². The molecule has 19 heavy (non-hydrogen) atoms. The normalized spacial score (nSPS) is 21.8. The van der Waals surface area contributed by atoms with Gasteiger partial charge in [0.05, 0.1) is 0 Å². The maximum absolute atomic E-state index is 12.2. The molecule has 2 aliphatic rings. The third kappa shape index (κ3) is 1.68. The number of allylic oxidation sites excluding steroid dienone is 2. The molecule has 0 spiro atoms. The van der Waals surface area contributed by atoms with E-state index in [-0.39, 0.29) is 10.6 Å². The summed E-state index contributed by atoms with van der Waals surface area (Å²) in [6, 6.07) is 0. The maximum atomic E-state index is 12.2. The van der Waals surface area contributed by atoms with E-state index in [4.69, 9.17) is 0 Å². The Kier molecular flexibility index (Phi) is 2.81. The second kappa shape index (κ2) is 4.26. The number of alkyl halides is 1. The molecule has 2 heterocycles. The Morgan fingerprint density at radius 2 is 2.11 bits per heavy atom. The lowest BCUT2D eigenvalue weighted by Gasteiger charge is -2.26. The number of hydrogen-bond acceptors (Lipinski definition) is 4. The molecule has 1 unspecified atom stereocenters. The summed E-state index contributed by atoms with van der Waals surface area (Å²) in [6.07, 6.45) is 5.25. The van der Waals surface area contributed by atoms with E-state index in [0.29, 0.717) is 11.5 Å². The lowest BCUT2D eigenvalue weighted by Crippen LogP contribution is -2.36. The van der Waals surface area contributed by atoms with E-state index in [0.717, 1.165) is 25.0 Å². The van der Waals surface area contributed by atoms with E-state index < -0.39 is 5.69 Å². The van der Waals surface area contributed by atoms with Gasteiger partial charge in [0.1, 0.15) is 5.82 Å². The Labute approximate surface area is 118 Å². The van der Waals surface area contributed by atoms with E-state index in [9.17, 15) is 9.59 Å². The predicted octanol–water partition coefficient (Wildman–Crippen LogP) is 1.08. The Morgan fingerprint density at radius 1 is 1.37 bits per heavy atom. The van der Waals surface area contributed by atoms with Crippen molar-refractivity contribution in [1.29, 1.82) is 0 Å². The van der Waals surface area contributed by atoms with E-state index in [1.54, 1.807) is 7.05 Å². The molecule has 1 aromatic heterocycles. The number of halogens is 1. The van der Waals surface area contributed by atoms with Crippen molar-refractivity contribution in [2.75, 3.05) is 16.8 Å². The van der Waals surface area contributed by atoms with Crippen molar-refractivity contribution in [3.63, 3.8) is 0 Å². The van der Waals surface area contributed by atoms with Gasteiger partial charge >= 0.3 is 5.69 Å². The highest BCUT2D eigenvalue weighted by Gasteiger charge is 2.38. The molecule has 7 heteroatoms. The zero-order valence-corrected chi connectivity index (χ0v) is 12.4. The number of H-pyrrole nitrogens is 1. The fourth-order valence-corrected chi connectivity index (χ4v) is 3.41. The second-order valence-corrected chi connectivity index (χ2v) is 5.69. The first-order valence-electron chi connectivity index (χ1n) is 6.21. The van der Waals surface area contributed by atoms with Crippen LogP contribution in [0.25, 0.3) is 0 Å². The molecule has 0 bridgehead atoms. The minimum absolute atomic E-state index is 0.138. The molecule has 1 aliphatic carbocycles. The Balaban J connectivity index is 2.26. The largest absolute Gasteiger partial charge is 0.329 e. The van der Waals surface area contributed by atoms with Crippen LogP contribution in [0.15, 0.2) is 21.4 Å². The van der Waals surface area contributed by atoms with E-state index >= 15 is 0 Å². The fraction of sp³-hybridized carbons (Fsp3) is 0.500. The van der Waals surface area contributed by atoms with Gasteiger partial charge in [-0.15, -0.1) is 0 Å². The summed E-state index contributed by atoms with van der Waals surface area (Å²) in [7, 11) is 3.53. The molecular formula is C12H15BrN4O2. The van der Waals surface area contributed by atoms with Gasteiger partial charge in [0, 0.05) is 19.8 Å². The van der Waals surface area contributed by atoms with Gasteiger partial charge in [-0.25, -0.2) is 4.79 Å². The van der Waals surface area contributed by atoms with Crippen LogP contribution in [-0.4, -0.2) is 21.7 Å². The van der Waals surface area contributed by atoms with Crippen LogP contribution < -0.4 is 21.0 Å². The van der Waals surface area contributed by atoms with Crippen LogP contribution in [-0.2, 0) is 7.05 Å². The number of aromatic nitrogens is 2. The summed E-state index contributed by atoms with van der Waals surface area (Å²) in [4.78, 5) is 30.1. The molecule has 0 saturated heterocycles.